The first-order valence-electron chi connectivity index (χ1n) is 5.76. The van der Waals surface area contributed by atoms with Gasteiger partial charge < -0.3 is 15.7 Å². The van der Waals surface area contributed by atoms with Gasteiger partial charge in [-0.15, -0.1) is 0 Å². The predicted molar refractivity (Wildman–Crippen MR) is 68.6 cm³/mol. The molecule has 0 radical (unpaired) electrons. The van der Waals surface area contributed by atoms with E-state index in [1.807, 2.05) is 32.9 Å². The van der Waals surface area contributed by atoms with Crippen LogP contribution in [0.4, 0.5) is 0 Å². The van der Waals surface area contributed by atoms with Crippen LogP contribution in [-0.4, -0.2) is 17.1 Å². The first kappa shape index (κ1) is 13.4. The maximum atomic E-state index is 8.54. The third-order valence-corrected chi connectivity index (χ3v) is 2.52. The molecule has 3 N–H and O–H groups in total. The molecule has 0 aliphatic heterocycles. The molecule has 0 saturated heterocycles. The minimum atomic E-state index is -0.0629. The summed E-state index contributed by atoms with van der Waals surface area (Å²) >= 11 is 0. The Morgan fingerprint density at radius 2 is 1.94 bits per heavy atom. The molecule has 0 spiro atoms. The average Bonchev–Trinajstić information content (AvgIpc) is 2.26. The monoisotopic (exact) mass is 236 g/mol. The van der Waals surface area contributed by atoms with E-state index in [1.54, 1.807) is 0 Å². The summed E-state index contributed by atoms with van der Waals surface area (Å²) < 4.78 is 5.83. The van der Waals surface area contributed by atoms with Gasteiger partial charge >= 0.3 is 0 Å². The molecule has 0 aliphatic carbocycles. The van der Waals surface area contributed by atoms with Crippen molar-refractivity contribution < 1.29 is 9.94 Å². The fourth-order valence-electron chi connectivity index (χ4n) is 1.74. The second kappa shape index (κ2) is 6.13. The van der Waals surface area contributed by atoms with E-state index in [0.717, 1.165) is 12.2 Å². The summed E-state index contributed by atoms with van der Waals surface area (Å²) in [4.78, 5) is 0. The van der Waals surface area contributed by atoms with Gasteiger partial charge in [0.05, 0.1) is 0 Å². The van der Waals surface area contributed by atoms with Crippen molar-refractivity contribution in [2.24, 2.45) is 10.9 Å². The third kappa shape index (κ3) is 4.34. The molecule has 0 fully saturated rings. The lowest BCUT2D eigenvalue weighted by Gasteiger charge is -2.17. The molecule has 0 bridgehead atoms. The zero-order valence-electron chi connectivity index (χ0n) is 10.6. The van der Waals surface area contributed by atoms with E-state index < -0.39 is 0 Å². The molecule has 0 saturated carbocycles. The van der Waals surface area contributed by atoms with Crippen LogP contribution < -0.4 is 10.5 Å². The summed E-state index contributed by atoms with van der Waals surface area (Å²) in [5, 5.41) is 11.5. The first-order valence-corrected chi connectivity index (χ1v) is 5.76. The molecule has 0 aromatic heterocycles. The fourth-order valence-corrected chi connectivity index (χ4v) is 1.74. The van der Waals surface area contributed by atoms with Crippen LogP contribution in [-0.2, 0) is 0 Å². The lowest BCUT2D eigenvalue weighted by Crippen LogP contribution is -2.24. The van der Waals surface area contributed by atoms with Gasteiger partial charge in [-0.3, -0.25) is 0 Å². The van der Waals surface area contributed by atoms with Crippen molar-refractivity contribution in [3.63, 3.8) is 0 Å². The molecule has 1 unspecified atom stereocenters. The largest absolute Gasteiger partial charge is 0.490 e. The molecule has 1 atom stereocenters. The molecule has 1 rings (SSSR count). The fraction of sp³-hybridized carbons (Fsp3) is 0.462. The minimum Gasteiger partial charge on any atom is -0.490 e. The highest BCUT2D eigenvalue weighted by Gasteiger charge is 2.11. The molecule has 94 valence electrons. The molecular formula is C13H20N2O2. The average molecular weight is 236 g/mol. The van der Waals surface area contributed by atoms with Crippen molar-refractivity contribution in [2.75, 3.05) is 0 Å². The van der Waals surface area contributed by atoms with Crippen molar-refractivity contribution in [2.45, 2.75) is 39.7 Å². The van der Waals surface area contributed by atoms with Gasteiger partial charge in [0, 0.05) is 6.42 Å². The van der Waals surface area contributed by atoms with E-state index in [9.17, 15) is 0 Å². The lowest BCUT2D eigenvalue weighted by molar-refractivity contribution is 0.202. The number of rotatable bonds is 5. The maximum Gasteiger partial charge on any atom is 0.142 e. The topological polar surface area (TPSA) is 67.8 Å². The van der Waals surface area contributed by atoms with Crippen LogP contribution in [0, 0.1) is 13.8 Å². The van der Waals surface area contributed by atoms with Crippen molar-refractivity contribution in [3.05, 3.63) is 29.3 Å². The molecule has 1 aromatic carbocycles. The van der Waals surface area contributed by atoms with Gasteiger partial charge in [-0.25, -0.2) is 0 Å². The summed E-state index contributed by atoms with van der Waals surface area (Å²) in [5.74, 6) is 1.03. The van der Waals surface area contributed by atoms with Crippen LogP contribution >= 0.6 is 0 Å². The number of nitrogens with two attached hydrogens (primary N) is 1. The Kier molecular flexibility index (Phi) is 4.82. The molecule has 4 heteroatoms. The summed E-state index contributed by atoms with van der Waals surface area (Å²) in [6.45, 7) is 6.08. The first-order chi connectivity index (χ1) is 8.05. The van der Waals surface area contributed by atoms with E-state index in [4.69, 9.17) is 15.7 Å². The molecule has 0 aliphatic rings. The normalized spacial score (nSPS) is 13.5. The van der Waals surface area contributed by atoms with Crippen molar-refractivity contribution in [3.8, 4) is 5.75 Å². The maximum absolute atomic E-state index is 8.54. The molecule has 17 heavy (non-hydrogen) atoms. The van der Waals surface area contributed by atoms with E-state index in [-0.39, 0.29) is 11.9 Å². The standard InChI is InChI=1S/C13H20N2O2/c1-4-11(8-13(14)15-16)17-12-6-9(2)5-10(3)7-12/h5-7,11,16H,4,8H2,1-3H3,(H2,14,15). The van der Waals surface area contributed by atoms with Crippen LogP contribution in [0.2, 0.25) is 0 Å². The number of aryl methyl sites for hydroxylation is 2. The van der Waals surface area contributed by atoms with Gasteiger partial charge in [0.15, 0.2) is 0 Å². The highest BCUT2D eigenvalue weighted by atomic mass is 16.5. The highest BCUT2D eigenvalue weighted by Crippen LogP contribution is 2.19. The summed E-state index contributed by atoms with van der Waals surface area (Å²) in [7, 11) is 0. The Morgan fingerprint density at radius 3 is 2.41 bits per heavy atom. The Hall–Kier alpha value is -1.71. The number of ether oxygens (including phenoxy) is 1. The summed E-state index contributed by atoms with van der Waals surface area (Å²) in [6, 6.07) is 6.07. The number of hydrogen-bond acceptors (Lipinski definition) is 3. The van der Waals surface area contributed by atoms with Gasteiger partial charge in [-0.05, 0) is 43.5 Å². The predicted octanol–water partition coefficient (Wildman–Crippen LogP) is 2.60. The van der Waals surface area contributed by atoms with Gasteiger partial charge in [0.25, 0.3) is 0 Å². The number of benzene rings is 1. The zero-order chi connectivity index (χ0) is 12.8. The van der Waals surface area contributed by atoms with E-state index in [1.165, 1.54) is 11.1 Å². The molecule has 1 aromatic rings. The van der Waals surface area contributed by atoms with Gasteiger partial charge in [0.1, 0.15) is 17.7 Å². The second-order valence-electron chi connectivity index (χ2n) is 4.27. The summed E-state index contributed by atoms with van der Waals surface area (Å²) in [5.41, 5.74) is 7.81. The lowest BCUT2D eigenvalue weighted by atomic mass is 10.1. The van der Waals surface area contributed by atoms with Crippen LogP contribution in [0.1, 0.15) is 30.9 Å². The number of amidine groups is 1. The van der Waals surface area contributed by atoms with Crippen molar-refractivity contribution in [1.82, 2.24) is 0 Å². The number of nitrogens with zero attached hydrogens (tertiary/aromatic N) is 1. The minimum absolute atomic E-state index is 0.0629. The molecule has 4 nitrogen and oxygen atoms in total. The third-order valence-electron chi connectivity index (χ3n) is 2.52. The van der Waals surface area contributed by atoms with Crippen molar-refractivity contribution in [1.29, 1.82) is 0 Å². The number of hydrogen-bond donors (Lipinski definition) is 2. The second-order valence-corrected chi connectivity index (χ2v) is 4.27. The van der Waals surface area contributed by atoms with Crippen LogP contribution in [0.5, 0.6) is 5.75 Å². The van der Waals surface area contributed by atoms with E-state index >= 15 is 0 Å². The van der Waals surface area contributed by atoms with E-state index in [2.05, 4.69) is 11.2 Å². The molecule has 0 amide bonds. The quantitative estimate of drug-likeness (QED) is 0.357. The summed E-state index contributed by atoms with van der Waals surface area (Å²) in [6.07, 6.45) is 1.18. The smallest absolute Gasteiger partial charge is 0.142 e. The van der Waals surface area contributed by atoms with Gasteiger partial charge in [0.2, 0.25) is 0 Å². The Morgan fingerprint density at radius 1 is 1.35 bits per heavy atom. The van der Waals surface area contributed by atoms with Crippen LogP contribution in [0.25, 0.3) is 0 Å². The highest BCUT2D eigenvalue weighted by molar-refractivity contribution is 5.80. The molecule has 0 heterocycles. The SMILES string of the molecule is CCC(C/C(N)=N/O)Oc1cc(C)cc(C)c1. The Labute approximate surface area is 102 Å². The number of oxime groups is 1. The van der Waals surface area contributed by atoms with E-state index in [0.29, 0.717) is 6.42 Å². The molecular weight excluding hydrogens is 216 g/mol. The van der Waals surface area contributed by atoms with Crippen LogP contribution in [0.3, 0.4) is 0 Å². The van der Waals surface area contributed by atoms with Gasteiger partial charge in [-0.1, -0.05) is 18.1 Å². The van der Waals surface area contributed by atoms with Crippen LogP contribution in [0.15, 0.2) is 23.4 Å². The Bertz CT molecular complexity index is 382. The zero-order valence-corrected chi connectivity index (χ0v) is 10.6. The van der Waals surface area contributed by atoms with Crippen molar-refractivity contribution >= 4 is 5.84 Å². The van der Waals surface area contributed by atoms with Gasteiger partial charge in [-0.2, -0.15) is 0 Å². The Balaban J connectivity index is 2.73.